The summed E-state index contributed by atoms with van der Waals surface area (Å²) in [5, 5.41) is 0. The Morgan fingerprint density at radius 2 is 2.33 bits per heavy atom. The molecule has 0 radical (unpaired) electrons. The number of fused-ring (bicyclic) bond motifs is 3. The highest BCUT2D eigenvalue weighted by molar-refractivity contribution is 9.10. The van der Waals surface area contributed by atoms with Crippen molar-refractivity contribution in [3.63, 3.8) is 0 Å². The molecular weight excluding hydrogens is 316 g/mol. The first-order valence-corrected chi connectivity index (χ1v) is 7.04. The van der Waals surface area contributed by atoms with Crippen LogP contribution in [0.3, 0.4) is 0 Å². The highest BCUT2D eigenvalue weighted by Gasteiger charge is 2.15. The molecule has 0 amide bonds. The predicted molar refractivity (Wildman–Crippen MR) is 75.1 cm³/mol. The first-order chi connectivity index (χ1) is 8.69. The number of carbonyl (C=O) groups is 1. The third-order valence-corrected chi connectivity index (χ3v) is 4.10. The van der Waals surface area contributed by atoms with Gasteiger partial charge < -0.3 is 9.72 Å². The molecule has 0 unspecified atom stereocenters. The summed E-state index contributed by atoms with van der Waals surface area (Å²) in [5.41, 5.74) is 2.76. The Labute approximate surface area is 115 Å². The van der Waals surface area contributed by atoms with Crippen molar-refractivity contribution in [3.05, 3.63) is 27.7 Å². The van der Waals surface area contributed by atoms with E-state index in [1.165, 1.54) is 11.3 Å². The van der Waals surface area contributed by atoms with Gasteiger partial charge in [0.15, 0.2) is 0 Å². The lowest BCUT2D eigenvalue weighted by molar-refractivity contribution is 0.0532. The molecule has 4 nitrogen and oxygen atoms in total. The fourth-order valence-electron chi connectivity index (χ4n) is 1.82. The zero-order valence-corrected chi connectivity index (χ0v) is 11.9. The number of esters is 1. The lowest BCUT2D eigenvalue weighted by Gasteiger charge is -1.96. The van der Waals surface area contributed by atoms with Crippen molar-refractivity contribution >= 4 is 54.5 Å². The summed E-state index contributed by atoms with van der Waals surface area (Å²) in [4.78, 5) is 19.9. The molecule has 1 N–H and O–H groups in total. The second-order valence-corrected chi connectivity index (χ2v) is 5.72. The van der Waals surface area contributed by atoms with Crippen LogP contribution in [0.25, 0.3) is 21.3 Å². The summed E-state index contributed by atoms with van der Waals surface area (Å²) in [6.45, 7) is 2.18. The molecule has 92 valence electrons. The maximum absolute atomic E-state index is 11.6. The van der Waals surface area contributed by atoms with Gasteiger partial charge in [0.25, 0.3) is 0 Å². The number of carbonyl (C=O) groups excluding carboxylic acids is 1. The summed E-state index contributed by atoms with van der Waals surface area (Å²) in [7, 11) is 0. The number of halogens is 1. The molecular formula is C12H9BrN2O2S. The summed E-state index contributed by atoms with van der Waals surface area (Å²) >= 11 is 4.79. The second-order valence-electron chi connectivity index (χ2n) is 3.75. The third-order valence-electron chi connectivity index (χ3n) is 2.55. The number of rotatable bonds is 2. The smallest absolute Gasteiger partial charge is 0.348 e. The molecule has 0 bridgehead atoms. The maximum Gasteiger partial charge on any atom is 0.348 e. The van der Waals surface area contributed by atoms with Crippen molar-refractivity contribution in [3.8, 4) is 0 Å². The average molecular weight is 325 g/mol. The number of ether oxygens (including phenoxy) is 1. The van der Waals surface area contributed by atoms with E-state index in [0.29, 0.717) is 11.5 Å². The number of thiophene rings is 1. The van der Waals surface area contributed by atoms with Crippen molar-refractivity contribution < 1.29 is 9.53 Å². The molecule has 3 rings (SSSR count). The van der Waals surface area contributed by atoms with Crippen molar-refractivity contribution in [1.29, 1.82) is 0 Å². The maximum atomic E-state index is 11.6. The molecule has 0 aromatic carbocycles. The Hall–Kier alpha value is -1.40. The fourth-order valence-corrected chi connectivity index (χ4v) is 3.17. The molecule has 0 spiro atoms. The lowest BCUT2D eigenvalue weighted by atomic mass is 10.4. The topological polar surface area (TPSA) is 55.0 Å². The van der Waals surface area contributed by atoms with Crippen LogP contribution in [-0.4, -0.2) is 22.5 Å². The van der Waals surface area contributed by atoms with Gasteiger partial charge in [0.05, 0.1) is 22.3 Å². The van der Waals surface area contributed by atoms with E-state index in [2.05, 4.69) is 25.9 Å². The lowest BCUT2D eigenvalue weighted by Crippen LogP contribution is -2.01. The number of pyridine rings is 1. The molecule has 0 fully saturated rings. The minimum atomic E-state index is -0.280. The minimum Gasteiger partial charge on any atom is -0.462 e. The van der Waals surface area contributed by atoms with Gasteiger partial charge in [-0.25, -0.2) is 4.79 Å². The molecule has 0 aliphatic carbocycles. The van der Waals surface area contributed by atoms with Crippen LogP contribution in [0.2, 0.25) is 0 Å². The minimum absolute atomic E-state index is 0.280. The van der Waals surface area contributed by atoms with Gasteiger partial charge in [-0.2, -0.15) is 0 Å². The quantitative estimate of drug-likeness (QED) is 0.731. The normalized spacial score (nSPS) is 11.2. The van der Waals surface area contributed by atoms with Crippen molar-refractivity contribution in [2.24, 2.45) is 0 Å². The van der Waals surface area contributed by atoms with Crippen molar-refractivity contribution in [1.82, 2.24) is 9.97 Å². The van der Waals surface area contributed by atoms with Crippen LogP contribution in [0.4, 0.5) is 0 Å². The van der Waals surface area contributed by atoms with Gasteiger partial charge in [-0.05, 0) is 35.0 Å². The molecule has 0 aliphatic heterocycles. The Morgan fingerprint density at radius 1 is 1.50 bits per heavy atom. The predicted octanol–water partition coefficient (Wildman–Crippen LogP) is 3.72. The summed E-state index contributed by atoms with van der Waals surface area (Å²) in [6.07, 6.45) is 1.75. The molecule has 0 atom stereocenters. The van der Waals surface area contributed by atoms with E-state index in [1.807, 2.05) is 12.1 Å². The van der Waals surface area contributed by atoms with E-state index in [4.69, 9.17) is 4.74 Å². The SMILES string of the molecule is CCOC(=O)c1cc2[nH]c3cc(Br)cnc3c2s1. The van der Waals surface area contributed by atoms with Crippen LogP contribution in [-0.2, 0) is 4.74 Å². The summed E-state index contributed by atoms with van der Waals surface area (Å²) in [5.74, 6) is -0.280. The van der Waals surface area contributed by atoms with Gasteiger partial charge in [0.2, 0.25) is 0 Å². The van der Waals surface area contributed by atoms with Gasteiger partial charge in [0.1, 0.15) is 10.4 Å². The molecule has 0 saturated carbocycles. The summed E-state index contributed by atoms with van der Waals surface area (Å²) < 4.78 is 6.90. The number of H-pyrrole nitrogens is 1. The van der Waals surface area contributed by atoms with E-state index >= 15 is 0 Å². The average Bonchev–Trinajstić information content (AvgIpc) is 2.85. The van der Waals surface area contributed by atoms with Crippen LogP contribution in [0.15, 0.2) is 22.8 Å². The monoisotopic (exact) mass is 324 g/mol. The van der Waals surface area contributed by atoms with Crippen LogP contribution >= 0.6 is 27.3 Å². The molecule has 3 heterocycles. The number of nitrogens with one attached hydrogen (secondary N) is 1. The Balaban J connectivity index is 2.16. The Kier molecular flexibility index (Phi) is 2.83. The van der Waals surface area contributed by atoms with Crippen LogP contribution in [0.5, 0.6) is 0 Å². The molecule has 3 aromatic heterocycles. The molecule has 0 aliphatic rings. The highest BCUT2D eigenvalue weighted by atomic mass is 79.9. The Bertz CT molecular complexity index is 747. The van der Waals surface area contributed by atoms with Crippen molar-refractivity contribution in [2.45, 2.75) is 6.92 Å². The number of aromatic amines is 1. The second kappa shape index (κ2) is 4.37. The van der Waals surface area contributed by atoms with E-state index in [0.717, 1.165) is 25.7 Å². The van der Waals surface area contributed by atoms with Crippen LogP contribution in [0, 0.1) is 0 Å². The van der Waals surface area contributed by atoms with Crippen LogP contribution < -0.4 is 0 Å². The van der Waals surface area contributed by atoms with Gasteiger partial charge in [0, 0.05) is 10.7 Å². The van der Waals surface area contributed by atoms with E-state index in [9.17, 15) is 4.79 Å². The summed E-state index contributed by atoms with van der Waals surface area (Å²) in [6, 6.07) is 3.78. The number of hydrogen-bond donors (Lipinski definition) is 1. The van der Waals surface area contributed by atoms with Gasteiger partial charge in [-0.15, -0.1) is 11.3 Å². The van der Waals surface area contributed by atoms with Crippen molar-refractivity contribution in [2.75, 3.05) is 6.61 Å². The van der Waals surface area contributed by atoms with E-state index in [-0.39, 0.29) is 5.97 Å². The standard InChI is InChI=1S/C12H9BrN2O2S/c1-2-17-12(16)9-4-8-11(18-9)10-7(15-8)3-6(13)5-14-10/h3-5,15H,2H2,1H3. The van der Waals surface area contributed by atoms with Gasteiger partial charge in [-0.3, -0.25) is 4.98 Å². The molecule has 6 heteroatoms. The largest absolute Gasteiger partial charge is 0.462 e. The van der Waals surface area contributed by atoms with E-state index in [1.54, 1.807) is 13.1 Å². The fraction of sp³-hybridized carbons (Fsp3) is 0.167. The zero-order chi connectivity index (χ0) is 12.7. The molecule has 3 aromatic rings. The molecule has 0 saturated heterocycles. The molecule has 18 heavy (non-hydrogen) atoms. The van der Waals surface area contributed by atoms with Crippen LogP contribution in [0.1, 0.15) is 16.6 Å². The first kappa shape index (κ1) is 11.7. The van der Waals surface area contributed by atoms with Gasteiger partial charge >= 0.3 is 5.97 Å². The number of nitrogens with zero attached hydrogens (tertiary/aromatic N) is 1. The zero-order valence-electron chi connectivity index (χ0n) is 9.49. The highest BCUT2D eigenvalue weighted by Crippen LogP contribution is 2.32. The Morgan fingerprint density at radius 3 is 3.11 bits per heavy atom. The first-order valence-electron chi connectivity index (χ1n) is 5.43. The van der Waals surface area contributed by atoms with Gasteiger partial charge in [-0.1, -0.05) is 0 Å². The number of aromatic nitrogens is 2. The van der Waals surface area contributed by atoms with E-state index < -0.39 is 0 Å². The number of hydrogen-bond acceptors (Lipinski definition) is 4. The third kappa shape index (κ3) is 1.81.